The first-order valence-corrected chi connectivity index (χ1v) is 10.7. The van der Waals surface area contributed by atoms with Gasteiger partial charge in [0, 0.05) is 32.2 Å². The van der Waals surface area contributed by atoms with Crippen molar-refractivity contribution in [2.45, 2.75) is 59.2 Å². The Bertz CT molecular complexity index is 981. The fourth-order valence-electron chi connectivity index (χ4n) is 5.23. The summed E-state index contributed by atoms with van der Waals surface area (Å²) in [5, 5.41) is 9.60. The van der Waals surface area contributed by atoms with Gasteiger partial charge in [0.25, 0.3) is 0 Å². The summed E-state index contributed by atoms with van der Waals surface area (Å²) < 4.78 is 0. The van der Waals surface area contributed by atoms with Gasteiger partial charge in [-0.25, -0.2) is 0 Å². The average molecular weight is 407 g/mol. The van der Waals surface area contributed by atoms with E-state index in [-0.39, 0.29) is 12.5 Å². The van der Waals surface area contributed by atoms with Crippen molar-refractivity contribution in [3.8, 4) is 11.1 Å². The maximum absolute atomic E-state index is 11.7. The molecule has 2 aliphatic heterocycles. The molecule has 5 heteroatoms. The molecule has 5 nitrogen and oxygen atoms in total. The minimum atomic E-state index is -0.798. The molecular formula is C25H30N2O3. The maximum atomic E-state index is 11.7. The van der Waals surface area contributed by atoms with Gasteiger partial charge < -0.3 is 10.0 Å². The Morgan fingerprint density at radius 2 is 1.77 bits per heavy atom. The molecule has 1 unspecified atom stereocenters. The molecule has 158 valence electrons. The number of likely N-dealkylation sites (tertiary alicyclic amines) is 1. The molecule has 2 aromatic carbocycles. The third kappa shape index (κ3) is 3.74. The number of hydrogen-bond donors (Lipinski definition) is 1. The molecule has 0 radical (unpaired) electrons. The van der Waals surface area contributed by atoms with Crippen LogP contribution in [0.15, 0.2) is 24.3 Å². The van der Waals surface area contributed by atoms with Crippen LogP contribution >= 0.6 is 0 Å². The molecule has 2 aliphatic rings. The molecule has 1 saturated heterocycles. The predicted molar refractivity (Wildman–Crippen MR) is 117 cm³/mol. The molecule has 2 aromatic rings. The van der Waals surface area contributed by atoms with Gasteiger partial charge >= 0.3 is 5.97 Å². The minimum absolute atomic E-state index is 0.0324. The van der Waals surface area contributed by atoms with Gasteiger partial charge in [-0.15, -0.1) is 0 Å². The van der Waals surface area contributed by atoms with Crippen LogP contribution in [-0.4, -0.2) is 46.4 Å². The summed E-state index contributed by atoms with van der Waals surface area (Å²) in [4.78, 5) is 27.4. The zero-order chi connectivity index (χ0) is 21.4. The van der Waals surface area contributed by atoms with Crippen LogP contribution in [0.25, 0.3) is 11.1 Å². The third-order valence-corrected chi connectivity index (χ3v) is 6.86. The normalized spacial score (nSPS) is 18.6. The highest BCUT2D eigenvalue weighted by Gasteiger charge is 2.31. The van der Waals surface area contributed by atoms with Crippen molar-refractivity contribution in [3.05, 3.63) is 57.6 Å². The van der Waals surface area contributed by atoms with Crippen molar-refractivity contribution >= 4 is 12.4 Å². The summed E-state index contributed by atoms with van der Waals surface area (Å²) in [6.45, 7) is 9.68. The van der Waals surface area contributed by atoms with Gasteiger partial charge in [-0.2, -0.15) is 0 Å². The molecule has 30 heavy (non-hydrogen) atoms. The van der Waals surface area contributed by atoms with Crippen LogP contribution in [0.2, 0.25) is 0 Å². The molecule has 0 bridgehead atoms. The number of carboxylic acids is 1. The van der Waals surface area contributed by atoms with Crippen LogP contribution in [0.5, 0.6) is 0 Å². The highest BCUT2D eigenvalue weighted by Crippen LogP contribution is 2.39. The van der Waals surface area contributed by atoms with Crippen LogP contribution in [0.1, 0.15) is 46.2 Å². The quantitative estimate of drug-likeness (QED) is 0.741. The van der Waals surface area contributed by atoms with Gasteiger partial charge in [0.1, 0.15) is 0 Å². The molecule has 1 atom stereocenters. The van der Waals surface area contributed by atoms with Gasteiger partial charge in [0.2, 0.25) is 6.41 Å². The molecule has 1 N–H and O–H groups in total. The molecule has 0 aromatic heterocycles. The van der Waals surface area contributed by atoms with Crippen LogP contribution in [0.3, 0.4) is 0 Å². The van der Waals surface area contributed by atoms with Crippen LogP contribution in [0, 0.1) is 20.8 Å². The van der Waals surface area contributed by atoms with Crippen molar-refractivity contribution in [3.63, 3.8) is 0 Å². The Hall–Kier alpha value is -2.66. The molecule has 0 saturated carbocycles. The Morgan fingerprint density at radius 3 is 2.40 bits per heavy atom. The van der Waals surface area contributed by atoms with Crippen LogP contribution in [0.4, 0.5) is 0 Å². The molecule has 1 amide bonds. The summed E-state index contributed by atoms with van der Waals surface area (Å²) >= 11 is 0. The van der Waals surface area contributed by atoms with Crippen molar-refractivity contribution in [2.24, 2.45) is 0 Å². The zero-order valence-corrected chi connectivity index (χ0v) is 18.1. The van der Waals surface area contributed by atoms with Gasteiger partial charge in [-0.05, 0) is 72.6 Å². The first kappa shape index (κ1) is 20.6. The second kappa shape index (κ2) is 8.23. The number of benzene rings is 2. The fourth-order valence-corrected chi connectivity index (χ4v) is 5.23. The number of carbonyl (C=O) groups is 2. The number of aryl methyl sites for hydroxylation is 1. The molecule has 2 heterocycles. The van der Waals surface area contributed by atoms with Crippen molar-refractivity contribution in [1.29, 1.82) is 0 Å². The molecule has 0 spiro atoms. The Balaban J connectivity index is 1.73. The van der Waals surface area contributed by atoms with E-state index in [4.69, 9.17) is 0 Å². The number of fused-ring (bicyclic) bond motifs is 1. The van der Waals surface area contributed by atoms with Crippen molar-refractivity contribution in [2.75, 3.05) is 13.1 Å². The van der Waals surface area contributed by atoms with Gasteiger partial charge in [0.05, 0.1) is 6.42 Å². The summed E-state index contributed by atoms with van der Waals surface area (Å²) in [5.41, 5.74) is 9.18. The van der Waals surface area contributed by atoms with E-state index in [0.29, 0.717) is 0 Å². The van der Waals surface area contributed by atoms with Crippen molar-refractivity contribution in [1.82, 2.24) is 9.80 Å². The van der Waals surface area contributed by atoms with E-state index in [9.17, 15) is 14.7 Å². The lowest BCUT2D eigenvalue weighted by atomic mass is 9.84. The second-order valence-corrected chi connectivity index (χ2v) is 8.81. The first-order chi connectivity index (χ1) is 14.4. The van der Waals surface area contributed by atoms with E-state index in [2.05, 4.69) is 49.9 Å². The monoisotopic (exact) mass is 406 g/mol. The van der Waals surface area contributed by atoms with E-state index in [1.54, 1.807) is 0 Å². The van der Waals surface area contributed by atoms with Crippen LogP contribution in [-0.2, 0) is 29.1 Å². The Labute approximate surface area is 178 Å². The minimum Gasteiger partial charge on any atom is -0.481 e. The van der Waals surface area contributed by atoms with Gasteiger partial charge in [-0.3, -0.25) is 14.5 Å². The molecule has 4 rings (SSSR count). The van der Waals surface area contributed by atoms with E-state index in [1.165, 1.54) is 22.3 Å². The lowest BCUT2D eigenvalue weighted by Gasteiger charge is -2.25. The number of rotatable bonds is 6. The summed E-state index contributed by atoms with van der Waals surface area (Å²) in [5.74, 6) is -0.798. The lowest BCUT2D eigenvalue weighted by Crippen LogP contribution is -2.37. The number of nitrogens with zero attached hydrogens (tertiary/aromatic N) is 2. The second-order valence-electron chi connectivity index (χ2n) is 8.81. The number of aliphatic carboxylic acids is 1. The van der Waals surface area contributed by atoms with Crippen molar-refractivity contribution < 1.29 is 14.7 Å². The summed E-state index contributed by atoms with van der Waals surface area (Å²) in [6.07, 6.45) is 3.15. The molecular weight excluding hydrogens is 376 g/mol. The van der Waals surface area contributed by atoms with E-state index in [1.807, 2.05) is 4.90 Å². The third-order valence-electron chi connectivity index (χ3n) is 6.86. The average Bonchev–Trinajstić information content (AvgIpc) is 3.34. The standard InChI is InChI=1S/C25H30N2O3/c1-16-6-8-19(9-7-16)25-18(3)23-14-26(12-20-5-4-10-27(20)15-28)13-22(23)17(2)21(25)11-24(29)30/h6-9,15,20H,4-5,10-14H2,1-3H3,(H,29,30). The number of amides is 1. The van der Waals surface area contributed by atoms with Gasteiger partial charge in [0.15, 0.2) is 0 Å². The molecule has 1 fully saturated rings. The van der Waals surface area contributed by atoms with Gasteiger partial charge in [-0.1, -0.05) is 29.8 Å². The molecule has 0 aliphatic carbocycles. The smallest absolute Gasteiger partial charge is 0.307 e. The highest BCUT2D eigenvalue weighted by molar-refractivity contribution is 5.81. The lowest BCUT2D eigenvalue weighted by molar-refractivity contribution is -0.136. The highest BCUT2D eigenvalue weighted by atomic mass is 16.4. The zero-order valence-electron chi connectivity index (χ0n) is 18.1. The summed E-state index contributed by atoms with van der Waals surface area (Å²) in [7, 11) is 0. The van der Waals surface area contributed by atoms with Crippen LogP contribution < -0.4 is 0 Å². The van der Waals surface area contributed by atoms with E-state index in [0.717, 1.165) is 67.7 Å². The Morgan fingerprint density at radius 1 is 1.10 bits per heavy atom. The maximum Gasteiger partial charge on any atom is 0.307 e. The number of hydrogen-bond acceptors (Lipinski definition) is 3. The summed E-state index contributed by atoms with van der Waals surface area (Å²) in [6, 6.07) is 8.65. The Kier molecular flexibility index (Phi) is 5.65. The number of carboxylic acid groups (broad SMARTS) is 1. The SMILES string of the molecule is Cc1ccc(-c2c(C)c3c(c(C)c2CC(=O)O)CN(CC2CCCN2C=O)C3)cc1. The topological polar surface area (TPSA) is 60.9 Å². The largest absolute Gasteiger partial charge is 0.481 e. The fraction of sp³-hybridized carbons (Fsp3) is 0.440. The predicted octanol–water partition coefficient (Wildman–Crippen LogP) is 3.84. The van der Waals surface area contributed by atoms with E-state index >= 15 is 0 Å². The number of carbonyl (C=O) groups excluding carboxylic acids is 1. The first-order valence-electron chi connectivity index (χ1n) is 10.7. The van der Waals surface area contributed by atoms with E-state index < -0.39 is 5.97 Å².